The lowest BCUT2D eigenvalue weighted by atomic mass is 9.98. The SMILES string of the molecule is CNC(=O)Cn1cc(-c2ccc(NC(=O)[C@@H](NC[C@@H](C)c3ccc(C#N)cc3)c3ccccc3)nc2)cn1. The molecule has 4 rings (SSSR count). The summed E-state index contributed by atoms with van der Waals surface area (Å²) in [5, 5.41) is 22.1. The fourth-order valence-electron chi connectivity index (χ4n) is 3.97. The number of likely N-dealkylation sites (N-methyl/N-ethyl adjacent to an activating group) is 1. The molecule has 4 aromatic rings. The van der Waals surface area contributed by atoms with E-state index in [9.17, 15) is 9.59 Å². The molecule has 0 aliphatic heterocycles. The van der Waals surface area contributed by atoms with Crippen molar-refractivity contribution in [3.05, 3.63) is 102 Å². The number of amides is 2. The van der Waals surface area contributed by atoms with Crippen LogP contribution in [-0.4, -0.2) is 40.2 Å². The van der Waals surface area contributed by atoms with E-state index in [-0.39, 0.29) is 24.3 Å². The Hall–Kier alpha value is -4.81. The predicted molar refractivity (Wildman–Crippen MR) is 145 cm³/mol. The topological polar surface area (TPSA) is 125 Å². The van der Waals surface area contributed by atoms with Crippen molar-refractivity contribution in [1.82, 2.24) is 25.4 Å². The largest absolute Gasteiger partial charge is 0.358 e. The van der Waals surface area contributed by atoms with Gasteiger partial charge >= 0.3 is 0 Å². The summed E-state index contributed by atoms with van der Waals surface area (Å²) in [6.45, 7) is 2.77. The Balaban J connectivity index is 1.43. The highest BCUT2D eigenvalue weighted by atomic mass is 16.2. The molecule has 9 heteroatoms. The highest BCUT2D eigenvalue weighted by molar-refractivity contribution is 5.95. The van der Waals surface area contributed by atoms with Gasteiger partial charge in [0.25, 0.3) is 0 Å². The number of benzene rings is 2. The molecule has 2 aromatic heterocycles. The molecule has 0 saturated carbocycles. The average Bonchev–Trinajstić information content (AvgIpc) is 3.42. The lowest BCUT2D eigenvalue weighted by Gasteiger charge is -2.21. The monoisotopic (exact) mass is 507 g/mol. The Kier molecular flexibility index (Phi) is 8.59. The van der Waals surface area contributed by atoms with Gasteiger partial charge in [0.15, 0.2) is 0 Å². The molecule has 2 aromatic carbocycles. The van der Waals surface area contributed by atoms with E-state index in [2.05, 4.69) is 39.0 Å². The maximum Gasteiger partial charge on any atom is 0.247 e. The quantitative estimate of drug-likeness (QED) is 0.301. The minimum atomic E-state index is -0.582. The number of rotatable bonds is 10. The van der Waals surface area contributed by atoms with Gasteiger partial charge in [-0.3, -0.25) is 14.3 Å². The van der Waals surface area contributed by atoms with E-state index >= 15 is 0 Å². The highest BCUT2D eigenvalue weighted by Gasteiger charge is 2.22. The lowest BCUT2D eigenvalue weighted by Crippen LogP contribution is -2.35. The number of nitriles is 1. The first kappa shape index (κ1) is 26.3. The normalized spacial score (nSPS) is 12.2. The van der Waals surface area contributed by atoms with Crippen LogP contribution in [0, 0.1) is 11.3 Å². The van der Waals surface area contributed by atoms with Crippen molar-refractivity contribution in [1.29, 1.82) is 5.26 Å². The van der Waals surface area contributed by atoms with Gasteiger partial charge in [-0.2, -0.15) is 10.4 Å². The number of pyridine rings is 1. The van der Waals surface area contributed by atoms with E-state index < -0.39 is 6.04 Å². The average molecular weight is 508 g/mol. The molecule has 9 nitrogen and oxygen atoms in total. The fourth-order valence-corrected chi connectivity index (χ4v) is 3.97. The fraction of sp³-hybridized carbons (Fsp3) is 0.207. The number of carbonyl (C=O) groups excluding carboxylic acids is 2. The molecule has 0 unspecified atom stereocenters. The van der Waals surface area contributed by atoms with Crippen LogP contribution in [0.5, 0.6) is 0 Å². The molecule has 0 spiro atoms. The zero-order chi connectivity index (χ0) is 26.9. The van der Waals surface area contributed by atoms with Crippen molar-refractivity contribution in [3.8, 4) is 17.2 Å². The van der Waals surface area contributed by atoms with Crippen molar-refractivity contribution >= 4 is 17.6 Å². The Labute approximate surface area is 221 Å². The zero-order valence-electron chi connectivity index (χ0n) is 21.3. The van der Waals surface area contributed by atoms with Crippen LogP contribution in [-0.2, 0) is 16.1 Å². The smallest absolute Gasteiger partial charge is 0.247 e. The summed E-state index contributed by atoms with van der Waals surface area (Å²) in [6, 6.07) is 22.2. The summed E-state index contributed by atoms with van der Waals surface area (Å²) >= 11 is 0. The maximum atomic E-state index is 13.3. The molecule has 2 atom stereocenters. The Morgan fingerprint density at radius 3 is 2.39 bits per heavy atom. The van der Waals surface area contributed by atoms with Crippen LogP contribution in [0.25, 0.3) is 11.1 Å². The van der Waals surface area contributed by atoms with Gasteiger partial charge < -0.3 is 16.0 Å². The Morgan fingerprint density at radius 2 is 1.74 bits per heavy atom. The summed E-state index contributed by atoms with van der Waals surface area (Å²) in [7, 11) is 1.58. The van der Waals surface area contributed by atoms with Gasteiger partial charge in [-0.25, -0.2) is 4.98 Å². The van der Waals surface area contributed by atoms with Gasteiger partial charge in [0.05, 0.1) is 17.8 Å². The third-order valence-electron chi connectivity index (χ3n) is 6.20. The zero-order valence-corrected chi connectivity index (χ0v) is 21.3. The molecule has 0 radical (unpaired) electrons. The summed E-state index contributed by atoms with van der Waals surface area (Å²) in [6.07, 6.45) is 5.10. The van der Waals surface area contributed by atoms with E-state index in [1.54, 1.807) is 48.5 Å². The molecule has 38 heavy (non-hydrogen) atoms. The first-order valence-electron chi connectivity index (χ1n) is 12.3. The first-order valence-corrected chi connectivity index (χ1v) is 12.3. The van der Waals surface area contributed by atoms with E-state index in [4.69, 9.17) is 5.26 Å². The van der Waals surface area contributed by atoms with Crippen molar-refractivity contribution < 1.29 is 9.59 Å². The van der Waals surface area contributed by atoms with Crippen LogP contribution in [0.3, 0.4) is 0 Å². The van der Waals surface area contributed by atoms with Gasteiger partial charge in [-0.05, 0) is 41.3 Å². The van der Waals surface area contributed by atoms with E-state index in [1.165, 1.54) is 0 Å². The standard InChI is InChI=1S/C29H29N7O2/c1-20(22-10-8-21(14-30)9-11-22)15-33-28(23-6-4-3-5-7-23)29(38)35-26-13-12-24(16-32-26)25-17-34-36(18-25)19-27(37)31-2/h3-13,16-18,20,28,33H,15,19H2,1-2H3,(H,31,37)(H,32,35,38)/t20-,28+/m1/s1. The third kappa shape index (κ3) is 6.69. The molecule has 3 N–H and O–H groups in total. The van der Waals surface area contributed by atoms with Crippen molar-refractivity contribution in [2.75, 3.05) is 18.9 Å². The van der Waals surface area contributed by atoms with Gasteiger partial charge in [-0.15, -0.1) is 0 Å². The summed E-state index contributed by atoms with van der Waals surface area (Å²) in [5.41, 5.74) is 4.18. The van der Waals surface area contributed by atoms with E-state index in [0.29, 0.717) is 17.9 Å². The third-order valence-corrected chi connectivity index (χ3v) is 6.20. The molecule has 0 fully saturated rings. The van der Waals surface area contributed by atoms with Gasteiger partial charge in [0, 0.05) is 37.1 Å². The number of anilines is 1. The van der Waals surface area contributed by atoms with Gasteiger partial charge in [0.1, 0.15) is 18.4 Å². The molecule has 0 bridgehead atoms. The van der Waals surface area contributed by atoms with Crippen molar-refractivity contribution in [2.24, 2.45) is 0 Å². The van der Waals surface area contributed by atoms with E-state index in [0.717, 1.165) is 22.3 Å². The van der Waals surface area contributed by atoms with Crippen molar-refractivity contribution in [3.63, 3.8) is 0 Å². The van der Waals surface area contributed by atoms with Crippen LogP contribution in [0.1, 0.15) is 35.6 Å². The number of aromatic nitrogens is 3. The number of nitrogens with zero attached hydrogens (tertiary/aromatic N) is 4. The van der Waals surface area contributed by atoms with Crippen LogP contribution >= 0.6 is 0 Å². The first-order chi connectivity index (χ1) is 18.5. The van der Waals surface area contributed by atoms with Crippen molar-refractivity contribution in [2.45, 2.75) is 25.4 Å². The van der Waals surface area contributed by atoms with Crippen LogP contribution < -0.4 is 16.0 Å². The maximum absolute atomic E-state index is 13.3. The Bertz CT molecular complexity index is 1410. The molecule has 0 aliphatic rings. The number of hydrogen-bond donors (Lipinski definition) is 3. The number of nitrogens with one attached hydrogen (secondary N) is 3. The van der Waals surface area contributed by atoms with E-state index in [1.807, 2.05) is 48.5 Å². The predicted octanol–water partition coefficient (Wildman–Crippen LogP) is 3.64. The number of carbonyl (C=O) groups is 2. The van der Waals surface area contributed by atoms with Crippen LogP contribution in [0.15, 0.2) is 85.3 Å². The summed E-state index contributed by atoms with van der Waals surface area (Å²) < 4.78 is 1.55. The molecule has 2 amide bonds. The molecule has 0 aliphatic carbocycles. The minimum Gasteiger partial charge on any atom is -0.358 e. The van der Waals surface area contributed by atoms with Gasteiger partial charge in [-0.1, -0.05) is 49.4 Å². The summed E-state index contributed by atoms with van der Waals surface area (Å²) in [4.78, 5) is 29.3. The molecular formula is C29H29N7O2. The molecule has 0 saturated heterocycles. The number of hydrogen-bond acceptors (Lipinski definition) is 6. The second-order valence-corrected chi connectivity index (χ2v) is 8.91. The van der Waals surface area contributed by atoms with Crippen LogP contribution in [0.2, 0.25) is 0 Å². The Morgan fingerprint density at radius 1 is 0.974 bits per heavy atom. The second-order valence-electron chi connectivity index (χ2n) is 8.91. The molecule has 192 valence electrons. The highest BCUT2D eigenvalue weighted by Crippen LogP contribution is 2.22. The van der Waals surface area contributed by atoms with Gasteiger partial charge in [0.2, 0.25) is 11.8 Å². The molecule has 2 heterocycles. The lowest BCUT2D eigenvalue weighted by molar-refractivity contribution is -0.121. The summed E-state index contributed by atoms with van der Waals surface area (Å²) in [5.74, 6) is 0.202. The second kappa shape index (κ2) is 12.4. The molecular weight excluding hydrogens is 478 g/mol. The van der Waals surface area contributed by atoms with Crippen LogP contribution in [0.4, 0.5) is 5.82 Å². The minimum absolute atomic E-state index is 0.128.